The standard InChI is InChI=1S/C73H37F6N7/c74-72(75,76)62-4-2-5-63(73(77,78)79)71(62)55-27-32-68(85-64-28-23-51(47-15-7-43(38-80)8-16-47)33-57(64)58-34-52(24-29-65(58)85)48-17-9-44(39-81)10-18-48)61(37-55)70-56(42-84)3-1-6-69(70)86-66-30-25-53(49-19-11-45(40-82)12-20-49)35-59(66)60-36-54(26-31-67(60)86)50-21-13-46(41-83)14-22-50/h1-37H. The Morgan fingerprint density at radius 2 is 0.593 bits per heavy atom. The molecular weight excluding hydrogens is 1090 g/mol. The SMILES string of the molecule is N#Cc1ccc(-c2ccc3c(c2)c2cc(-c4ccc(C#N)cc4)ccc2n3-c2ccc(-c3c(C(F)(F)F)cccc3C(F)(F)F)cc2-c2c(C#N)cccc2-n2c3ccc(-c4ccc(C#N)cc4)cc3c3cc(-c4ccc(C#N)cc4)ccc32)cc1. The van der Waals surface area contributed by atoms with Crippen molar-refractivity contribution in [3.63, 3.8) is 0 Å². The second kappa shape index (κ2) is 20.8. The van der Waals surface area contributed by atoms with Gasteiger partial charge < -0.3 is 9.13 Å². The molecule has 0 N–H and O–H groups in total. The van der Waals surface area contributed by atoms with Gasteiger partial charge >= 0.3 is 12.4 Å². The lowest BCUT2D eigenvalue weighted by molar-refractivity contribution is -0.142. The Morgan fingerprint density at radius 1 is 0.279 bits per heavy atom. The molecule has 0 saturated carbocycles. The monoisotopic (exact) mass is 1130 g/mol. The number of rotatable bonds is 8. The highest BCUT2D eigenvalue weighted by Gasteiger charge is 2.41. The summed E-state index contributed by atoms with van der Waals surface area (Å²) in [5.41, 5.74) is 7.44. The van der Waals surface area contributed by atoms with Crippen LogP contribution in [0.3, 0.4) is 0 Å². The smallest absolute Gasteiger partial charge is 0.309 e. The number of aromatic nitrogens is 2. The minimum Gasteiger partial charge on any atom is -0.309 e. The molecule has 0 aliphatic carbocycles. The van der Waals surface area contributed by atoms with Crippen molar-refractivity contribution in [3.8, 4) is 108 Å². The van der Waals surface area contributed by atoms with Gasteiger partial charge in [0, 0.05) is 38.2 Å². The van der Waals surface area contributed by atoms with E-state index in [4.69, 9.17) is 0 Å². The molecule has 13 rings (SSSR count). The van der Waals surface area contributed by atoms with Gasteiger partial charge in [-0.25, -0.2) is 0 Å². The van der Waals surface area contributed by atoms with Crippen LogP contribution in [0, 0.1) is 56.7 Å². The highest BCUT2D eigenvalue weighted by atomic mass is 19.4. The molecule has 0 aliphatic rings. The van der Waals surface area contributed by atoms with Gasteiger partial charge in [0.25, 0.3) is 0 Å². The molecule has 0 saturated heterocycles. The quantitative estimate of drug-likeness (QED) is 0.140. The van der Waals surface area contributed by atoms with Crippen molar-refractivity contribution in [2.75, 3.05) is 0 Å². The minimum atomic E-state index is -5.23. The Morgan fingerprint density at radius 3 is 0.919 bits per heavy atom. The van der Waals surface area contributed by atoms with E-state index in [1.165, 1.54) is 18.2 Å². The molecule has 7 nitrogen and oxygen atoms in total. The minimum absolute atomic E-state index is 0.0615. The van der Waals surface area contributed by atoms with Crippen molar-refractivity contribution in [2.45, 2.75) is 12.4 Å². The Labute approximate surface area is 487 Å². The molecule has 0 bridgehead atoms. The fraction of sp³-hybridized carbons (Fsp3) is 0.0274. The van der Waals surface area contributed by atoms with Gasteiger partial charge in [0.05, 0.1) is 103 Å². The van der Waals surface area contributed by atoms with Crippen molar-refractivity contribution in [3.05, 3.63) is 263 Å². The van der Waals surface area contributed by atoms with Gasteiger partial charge in [0.1, 0.15) is 0 Å². The van der Waals surface area contributed by atoms with Gasteiger partial charge in [-0.3, -0.25) is 0 Å². The zero-order valence-corrected chi connectivity index (χ0v) is 44.8. The van der Waals surface area contributed by atoms with E-state index in [1.54, 1.807) is 66.7 Å². The fourth-order valence-corrected chi connectivity index (χ4v) is 11.8. The molecule has 2 aromatic heterocycles. The van der Waals surface area contributed by atoms with Gasteiger partial charge in [0.2, 0.25) is 0 Å². The zero-order chi connectivity index (χ0) is 59.6. The molecule has 13 heteroatoms. The van der Waals surface area contributed by atoms with Crippen LogP contribution < -0.4 is 0 Å². The van der Waals surface area contributed by atoms with Crippen LogP contribution in [0.5, 0.6) is 0 Å². The average Bonchev–Trinajstić information content (AvgIpc) is 1.74. The van der Waals surface area contributed by atoms with E-state index in [0.29, 0.717) is 67.8 Å². The number of alkyl halides is 6. The largest absolute Gasteiger partial charge is 0.417 e. The summed E-state index contributed by atoms with van der Waals surface area (Å²) in [5, 5.41) is 52.8. The molecule has 13 aromatic rings. The van der Waals surface area contributed by atoms with Crippen molar-refractivity contribution in [1.29, 1.82) is 26.3 Å². The number of hydrogen-bond acceptors (Lipinski definition) is 5. The molecule has 406 valence electrons. The van der Waals surface area contributed by atoms with Crippen molar-refractivity contribution in [1.82, 2.24) is 9.13 Å². The summed E-state index contributed by atoms with van der Waals surface area (Å²) in [4.78, 5) is 0. The average molecular weight is 1130 g/mol. The molecule has 0 aliphatic heterocycles. The summed E-state index contributed by atoms with van der Waals surface area (Å²) in [6, 6.07) is 73.9. The Bertz CT molecular complexity index is 4910. The van der Waals surface area contributed by atoms with E-state index in [2.05, 4.69) is 30.3 Å². The Hall–Kier alpha value is -12.0. The van der Waals surface area contributed by atoms with E-state index in [9.17, 15) is 26.3 Å². The summed E-state index contributed by atoms with van der Waals surface area (Å²) >= 11 is 0. The first-order chi connectivity index (χ1) is 41.7. The number of nitrogens with zero attached hydrogens (tertiary/aromatic N) is 7. The predicted molar refractivity (Wildman–Crippen MR) is 321 cm³/mol. The molecule has 0 fully saturated rings. The highest BCUT2D eigenvalue weighted by molar-refractivity contribution is 6.14. The van der Waals surface area contributed by atoms with E-state index in [1.807, 2.05) is 130 Å². The van der Waals surface area contributed by atoms with Crippen LogP contribution in [0.1, 0.15) is 38.9 Å². The highest BCUT2D eigenvalue weighted by Crippen LogP contribution is 2.49. The summed E-state index contributed by atoms with van der Waals surface area (Å²) in [7, 11) is 0. The second-order valence-corrected chi connectivity index (χ2v) is 20.6. The lowest BCUT2D eigenvalue weighted by Gasteiger charge is -2.23. The van der Waals surface area contributed by atoms with Gasteiger partial charge in [-0.2, -0.15) is 52.7 Å². The number of halogens is 6. The fourth-order valence-electron chi connectivity index (χ4n) is 11.8. The normalized spacial score (nSPS) is 11.5. The molecule has 11 aromatic carbocycles. The molecule has 2 heterocycles. The molecule has 0 atom stereocenters. The van der Waals surface area contributed by atoms with Gasteiger partial charge in [-0.1, -0.05) is 91.0 Å². The molecule has 0 unspecified atom stereocenters. The van der Waals surface area contributed by atoms with Crippen LogP contribution in [-0.4, -0.2) is 9.13 Å². The first-order valence-electron chi connectivity index (χ1n) is 26.8. The van der Waals surface area contributed by atoms with E-state index in [-0.39, 0.29) is 16.7 Å². The lowest BCUT2D eigenvalue weighted by atomic mass is 9.89. The first kappa shape index (κ1) is 53.4. The van der Waals surface area contributed by atoms with Crippen molar-refractivity contribution in [2.24, 2.45) is 0 Å². The summed E-state index contributed by atoms with van der Waals surface area (Å²) in [6.45, 7) is 0. The van der Waals surface area contributed by atoms with Gasteiger partial charge in [0.15, 0.2) is 0 Å². The van der Waals surface area contributed by atoms with Crippen LogP contribution >= 0.6 is 0 Å². The zero-order valence-electron chi connectivity index (χ0n) is 44.8. The van der Waals surface area contributed by atoms with E-state index >= 15 is 26.3 Å². The maximum atomic E-state index is 15.3. The third-order valence-corrected chi connectivity index (χ3v) is 15.8. The third-order valence-electron chi connectivity index (χ3n) is 15.8. The molecule has 0 radical (unpaired) electrons. The second-order valence-electron chi connectivity index (χ2n) is 20.6. The third kappa shape index (κ3) is 9.18. The first-order valence-corrected chi connectivity index (χ1v) is 26.8. The summed E-state index contributed by atoms with van der Waals surface area (Å²) in [5.74, 6) is 0. The van der Waals surface area contributed by atoms with Crippen molar-refractivity contribution >= 4 is 43.6 Å². The van der Waals surface area contributed by atoms with Crippen LogP contribution in [0.15, 0.2) is 224 Å². The maximum absolute atomic E-state index is 15.3. The predicted octanol–water partition coefficient (Wildman–Crippen LogP) is 19.3. The molecule has 0 amide bonds. The Balaban J connectivity index is 1.14. The summed E-state index contributed by atoms with van der Waals surface area (Å²) < 4.78 is 95.7. The van der Waals surface area contributed by atoms with Crippen LogP contribution in [0.2, 0.25) is 0 Å². The molecular formula is C73H37F6N7. The van der Waals surface area contributed by atoms with Crippen LogP contribution in [0.25, 0.3) is 122 Å². The van der Waals surface area contributed by atoms with E-state index < -0.39 is 34.6 Å². The molecule has 86 heavy (non-hydrogen) atoms. The van der Waals surface area contributed by atoms with E-state index in [0.717, 1.165) is 72.1 Å². The topological polar surface area (TPSA) is 129 Å². The number of hydrogen-bond donors (Lipinski definition) is 0. The lowest BCUT2D eigenvalue weighted by Crippen LogP contribution is -2.14. The maximum Gasteiger partial charge on any atom is 0.417 e. The number of fused-ring (bicyclic) bond motifs is 6. The Kier molecular flexibility index (Phi) is 12.9. The van der Waals surface area contributed by atoms with Crippen LogP contribution in [0.4, 0.5) is 26.3 Å². The van der Waals surface area contributed by atoms with Gasteiger partial charge in [-0.15, -0.1) is 0 Å². The summed E-state index contributed by atoms with van der Waals surface area (Å²) in [6.07, 6.45) is -10.5. The van der Waals surface area contributed by atoms with Gasteiger partial charge in [-0.05, 0) is 184 Å². The number of benzene rings is 11. The van der Waals surface area contributed by atoms with Crippen LogP contribution in [-0.2, 0) is 12.4 Å². The number of nitriles is 5. The van der Waals surface area contributed by atoms with Crippen molar-refractivity contribution < 1.29 is 26.3 Å². The molecule has 0 spiro atoms.